The van der Waals surface area contributed by atoms with E-state index in [1.54, 1.807) is 12.1 Å². The van der Waals surface area contributed by atoms with Crippen LogP contribution in [0.15, 0.2) is 24.3 Å². The van der Waals surface area contributed by atoms with Gasteiger partial charge in [0, 0.05) is 5.56 Å². The highest BCUT2D eigenvalue weighted by molar-refractivity contribution is 7.99. The second kappa shape index (κ2) is 4.37. The zero-order valence-electron chi connectivity index (χ0n) is 8.48. The van der Waals surface area contributed by atoms with Crippen LogP contribution < -0.4 is 0 Å². The van der Waals surface area contributed by atoms with E-state index in [9.17, 15) is 9.90 Å². The highest BCUT2D eigenvalue weighted by Gasteiger charge is 2.31. The predicted molar refractivity (Wildman–Crippen MR) is 62.3 cm³/mol. The Morgan fingerprint density at radius 1 is 1.20 bits per heavy atom. The van der Waals surface area contributed by atoms with Crippen LogP contribution in [0.2, 0.25) is 0 Å². The Hall–Kier alpha value is -0.800. The lowest BCUT2D eigenvalue weighted by Gasteiger charge is -2.32. The van der Waals surface area contributed by atoms with Gasteiger partial charge in [-0.15, -0.1) is 0 Å². The first-order chi connectivity index (χ1) is 7.24. The smallest absolute Gasteiger partial charge is 0.150 e. The number of aldehydes is 1. The SMILES string of the molecule is O=Cc1ccc(C2(O)CCSCC2)cc1. The maximum atomic E-state index is 10.5. The number of benzene rings is 1. The molecule has 2 nitrogen and oxygen atoms in total. The zero-order valence-corrected chi connectivity index (χ0v) is 9.30. The van der Waals surface area contributed by atoms with Crippen LogP contribution in [-0.2, 0) is 5.60 Å². The van der Waals surface area contributed by atoms with Crippen molar-refractivity contribution >= 4 is 18.0 Å². The van der Waals surface area contributed by atoms with E-state index in [1.807, 2.05) is 23.9 Å². The van der Waals surface area contributed by atoms with Crippen LogP contribution in [0.4, 0.5) is 0 Å². The third-order valence-electron chi connectivity index (χ3n) is 2.90. The molecule has 0 unspecified atom stereocenters. The summed E-state index contributed by atoms with van der Waals surface area (Å²) in [6, 6.07) is 7.25. The van der Waals surface area contributed by atoms with Gasteiger partial charge < -0.3 is 5.11 Å². The number of carbonyl (C=O) groups is 1. The summed E-state index contributed by atoms with van der Waals surface area (Å²) in [5, 5.41) is 10.4. The molecule has 0 aliphatic carbocycles. The molecule has 2 rings (SSSR count). The van der Waals surface area contributed by atoms with Gasteiger partial charge in [0.2, 0.25) is 0 Å². The van der Waals surface area contributed by atoms with Crippen molar-refractivity contribution in [2.75, 3.05) is 11.5 Å². The molecule has 0 spiro atoms. The molecule has 0 bridgehead atoms. The fraction of sp³-hybridized carbons (Fsp3) is 0.417. The third kappa shape index (κ3) is 2.24. The Morgan fingerprint density at radius 3 is 2.33 bits per heavy atom. The van der Waals surface area contributed by atoms with Gasteiger partial charge in [0.1, 0.15) is 6.29 Å². The number of carbonyl (C=O) groups excluding carboxylic acids is 1. The van der Waals surface area contributed by atoms with Gasteiger partial charge >= 0.3 is 0 Å². The van der Waals surface area contributed by atoms with E-state index in [-0.39, 0.29) is 0 Å². The van der Waals surface area contributed by atoms with Crippen LogP contribution in [0.1, 0.15) is 28.8 Å². The van der Waals surface area contributed by atoms with Gasteiger partial charge in [0.05, 0.1) is 5.60 Å². The number of thioether (sulfide) groups is 1. The lowest BCUT2D eigenvalue weighted by molar-refractivity contribution is 0.0280. The highest BCUT2D eigenvalue weighted by Crippen LogP contribution is 2.35. The number of aliphatic hydroxyl groups is 1. The summed E-state index contributed by atoms with van der Waals surface area (Å²) >= 11 is 1.88. The maximum Gasteiger partial charge on any atom is 0.150 e. The quantitative estimate of drug-likeness (QED) is 0.780. The van der Waals surface area contributed by atoms with Crippen LogP contribution in [0.3, 0.4) is 0 Å². The Balaban J connectivity index is 2.23. The van der Waals surface area contributed by atoms with E-state index in [0.29, 0.717) is 5.56 Å². The van der Waals surface area contributed by atoms with Crippen LogP contribution in [0.25, 0.3) is 0 Å². The summed E-state index contributed by atoms with van der Waals surface area (Å²) in [5.41, 5.74) is 0.924. The number of hydrogen-bond acceptors (Lipinski definition) is 3. The lowest BCUT2D eigenvalue weighted by Crippen LogP contribution is -2.30. The molecule has 1 aromatic rings. The third-order valence-corrected chi connectivity index (χ3v) is 3.89. The molecule has 80 valence electrons. The van der Waals surface area contributed by atoms with Gasteiger partial charge in [-0.1, -0.05) is 24.3 Å². The summed E-state index contributed by atoms with van der Waals surface area (Å²) in [4.78, 5) is 10.5. The lowest BCUT2D eigenvalue weighted by atomic mass is 9.88. The van der Waals surface area contributed by atoms with Crippen molar-refractivity contribution in [2.45, 2.75) is 18.4 Å². The Kier molecular flexibility index (Phi) is 3.12. The second-order valence-electron chi connectivity index (χ2n) is 3.88. The molecule has 0 saturated carbocycles. The highest BCUT2D eigenvalue weighted by atomic mass is 32.2. The number of rotatable bonds is 2. The molecule has 1 aliphatic heterocycles. The van der Waals surface area contributed by atoms with E-state index in [0.717, 1.165) is 36.2 Å². The minimum atomic E-state index is -0.674. The standard InChI is InChI=1S/C12H14O2S/c13-9-10-1-3-11(4-2-10)12(14)5-7-15-8-6-12/h1-4,9,14H,5-8H2. The summed E-state index contributed by atoms with van der Waals surface area (Å²) in [7, 11) is 0. The van der Waals surface area contributed by atoms with Crippen molar-refractivity contribution in [3.8, 4) is 0 Å². The van der Waals surface area contributed by atoms with E-state index in [2.05, 4.69) is 0 Å². The van der Waals surface area contributed by atoms with Crippen LogP contribution >= 0.6 is 11.8 Å². The minimum Gasteiger partial charge on any atom is -0.385 e. The van der Waals surface area contributed by atoms with Crippen molar-refractivity contribution in [3.63, 3.8) is 0 Å². The molecular formula is C12H14O2S. The van der Waals surface area contributed by atoms with E-state index < -0.39 is 5.60 Å². The van der Waals surface area contributed by atoms with Crippen molar-refractivity contribution in [1.29, 1.82) is 0 Å². The average molecular weight is 222 g/mol. The normalized spacial score (nSPS) is 19.8. The van der Waals surface area contributed by atoms with Crippen molar-refractivity contribution in [2.24, 2.45) is 0 Å². The molecule has 1 N–H and O–H groups in total. The minimum absolute atomic E-state index is 0.660. The molecule has 1 heterocycles. The van der Waals surface area contributed by atoms with E-state index in [4.69, 9.17) is 0 Å². The van der Waals surface area contributed by atoms with E-state index in [1.165, 1.54) is 0 Å². The van der Waals surface area contributed by atoms with Crippen molar-refractivity contribution < 1.29 is 9.90 Å². The Labute approximate surface area is 93.7 Å². The molecule has 0 amide bonds. The maximum absolute atomic E-state index is 10.5. The summed E-state index contributed by atoms with van der Waals surface area (Å²) in [5.74, 6) is 2.01. The first-order valence-corrected chi connectivity index (χ1v) is 6.26. The van der Waals surface area contributed by atoms with Crippen LogP contribution in [0, 0.1) is 0 Å². The molecular weight excluding hydrogens is 208 g/mol. The van der Waals surface area contributed by atoms with Gasteiger partial charge in [0.15, 0.2) is 0 Å². The predicted octanol–water partition coefficient (Wildman–Crippen LogP) is 2.21. The Morgan fingerprint density at radius 2 is 1.80 bits per heavy atom. The molecule has 15 heavy (non-hydrogen) atoms. The monoisotopic (exact) mass is 222 g/mol. The average Bonchev–Trinajstić information content (AvgIpc) is 2.30. The summed E-state index contributed by atoms with van der Waals surface area (Å²) in [6.45, 7) is 0. The topological polar surface area (TPSA) is 37.3 Å². The van der Waals surface area contributed by atoms with Crippen molar-refractivity contribution in [3.05, 3.63) is 35.4 Å². The van der Waals surface area contributed by atoms with Crippen LogP contribution in [0.5, 0.6) is 0 Å². The van der Waals surface area contributed by atoms with Gasteiger partial charge in [-0.3, -0.25) is 4.79 Å². The number of hydrogen-bond donors (Lipinski definition) is 1. The summed E-state index contributed by atoms with van der Waals surface area (Å²) in [6.07, 6.45) is 2.43. The van der Waals surface area contributed by atoms with Gasteiger partial charge in [-0.25, -0.2) is 0 Å². The van der Waals surface area contributed by atoms with Gasteiger partial charge in [-0.2, -0.15) is 11.8 Å². The first kappa shape index (κ1) is 10.7. The second-order valence-corrected chi connectivity index (χ2v) is 5.11. The molecule has 1 fully saturated rings. The molecule has 1 aromatic carbocycles. The first-order valence-electron chi connectivity index (χ1n) is 5.10. The molecule has 3 heteroatoms. The van der Waals surface area contributed by atoms with Crippen LogP contribution in [-0.4, -0.2) is 22.9 Å². The largest absolute Gasteiger partial charge is 0.385 e. The molecule has 0 aromatic heterocycles. The summed E-state index contributed by atoms with van der Waals surface area (Å²) < 4.78 is 0. The fourth-order valence-electron chi connectivity index (χ4n) is 1.87. The van der Waals surface area contributed by atoms with Gasteiger partial charge in [-0.05, 0) is 29.9 Å². The van der Waals surface area contributed by atoms with Crippen molar-refractivity contribution in [1.82, 2.24) is 0 Å². The Bertz CT molecular complexity index is 339. The molecule has 0 radical (unpaired) electrons. The van der Waals surface area contributed by atoms with Gasteiger partial charge in [0.25, 0.3) is 0 Å². The van der Waals surface area contributed by atoms with E-state index >= 15 is 0 Å². The molecule has 1 aliphatic rings. The molecule has 0 atom stereocenters. The molecule has 1 saturated heterocycles. The zero-order chi connectivity index (χ0) is 10.7. The fourth-order valence-corrected chi connectivity index (χ4v) is 3.04.